The summed E-state index contributed by atoms with van der Waals surface area (Å²) in [4.78, 5) is 0.235. The maximum absolute atomic E-state index is 12.7. The normalized spacial score (nSPS) is 25.7. The Balaban J connectivity index is 1.87. The number of sulfonamides is 1. The number of aromatic nitrogens is 2. The van der Waals surface area contributed by atoms with Crippen LogP contribution in [0.2, 0.25) is 0 Å². The van der Waals surface area contributed by atoms with Crippen LogP contribution >= 0.6 is 0 Å². The number of hydrogen-bond acceptors (Lipinski definition) is 4. The summed E-state index contributed by atoms with van der Waals surface area (Å²) in [5.41, 5.74) is -0.529. The Labute approximate surface area is 119 Å². The lowest BCUT2D eigenvalue weighted by atomic mass is 10.1. The lowest BCUT2D eigenvalue weighted by Gasteiger charge is -2.24. The molecule has 112 valence electrons. The summed E-state index contributed by atoms with van der Waals surface area (Å²) < 4.78 is 28.6. The maximum Gasteiger partial charge on any atom is 0.246 e. The van der Waals surface area contributed by atoms with E-state index in [0.29, 0.717) is 25.4 Å². The van der Waals surface area contributed by atoms with Gasteiger partial charge in [0.2, 0.25) is 10.0 Å². The van der Waals surface area contributed by atoms with Crippen LogP contribution in [0.25, 0.3) is 0 Å². The molecule has 0 bridgehead atoms. The first kappa shape index (κ1) is 14.0. The van der Waals surface area contributed by atoms with Crippen LogP contribution in [0.4, 0.5) is 0 Å². The van der Waals surface area contributed by atoms with Crippen molar-refractivity contribution in [3.63, 3.8) is 0 Å². The van der Waals surface area contributed by atoms with Crippen LogP contribution in [0.3, 0.4) is 0 Å². The zero-order valence-electron chi connectivity index (χ0n) is 11.9. The molecule has 1 aliphatic carbocycles. The third-order valence-corrected chi connectivity index (χ3v) is 6.17. The molecule has 1 atom stereocenters. The summed E-state index contributed by atoms with van der Waals surface area (Å²) in [5.74, 6) is 0.411. The van der Waals surface area contributed by atoms with Crippen LogP contribution < -0.4 is 0 Å². The second-order valence-electron chi connectivity index (χ2n) is 6.28. The highest BCUT2D eigenvalue weighted by molar-refractivity contribution is 7.89. The van der Waals surface area contributed by atoms with Gasteiger partial charge in [0, 0.05) is 19.3 Å². The molecule has 0 radical (unpaired) electrons. The van der Waals surface area contributed by atoms with E-state index in [1.165, 1.54) is 10.5 Å². The minimum absolute atomic E-state index is 0.235. The van der Waals surface area contributed by atoms with E-state index in [-0.39, 0.29) is 4.90 Å². The van der Waals surface area contributed by atoms with Crippen molar-refractivity contribution in [2.75, 3.05) is 6.54 Å². The van der Waals surface area contributed by atoms with Crippen LogP contribution in [0.5, 0.6) is 0 Å². The Hall–Kier alpha value is -0.920. The molecule has 0 aromatic carbocycles. The van der Waals surface area contributed by atoms with Gasteiger partial charge in [-0.2, -0.15) is 9.40 Å². The molecule has 1 unspecified atom stereocenters. The fraction of sp³-hybridized carbons (Fsp3) is 0.769. The molecule has 3 rings (SSSR count). The Morgan fingerprint density at radius 1 is 1.50 bits per heavy atom. The molecular weight excluding hydrogens is 278 g/mol. The fourth-order valence-electron chi connectivity index (χ4n) is 3.05. The van der Waals surface area contributed by atoms with Gasteiger partial charge in [0.1, 0.15) is 4.90 Å². The molecule has 7 heteroatoms. The minimum Gasteiger partial charge on any atom is -0.391 e. The van der Waals surface area contributed by atoms with Gasteiger partial charge in [-0.3, -0.25) is 4.68 Å². The molecule has 1 N–H and O–H groups in total. The molecule has 1 spiro atoms. The van der Waals surface area contributed by atoms with Crippen molar-refractivity contribution in [3.8, 4) is 0 Å². The van der Waals surface area contributed by atoms with Crippen LogP contribution in [-0.4, -0.2) is 45.8 Å². The highest BCUT2D eigenvalue weighted by Crippen LogP contribution is 2.51. The van der Waals surface area contributed by atoms with Gasteiger partial charge >= 0.3 is 0 Å². The largest absolute Gasteiger partial charge is 0.391 e. The van der Waals surface area contributed by atoms with E-state index < -0.39 is 21.7 Å². The summed E-state index contributed by atoms with van der Waals surface area (Å²) in [6, 6.07) is 0. The average molecular weight is 299 g/mol. The SMILES string of the molecule is CC(C)Cn1cc(S(=O)(=O)N2CCC(O)C23CC3)cn1. The molecule has 2 heterocycles. The van der Waals surface area contributed by atoms with E-state index >= 15 is 0 Å². The van der Waals surface area contributed by atoms with Gasteiger partial charge in [0.05, 0.1) is 17.8 Å². The van der Waals surface area contributed by atoms with Gasteiger partial charge in [-0.05, 0) is 25.2 Å². The number of hydrogen-bond donors (Lipinski definition) is 1. The van der Waals surface area contributed by atoms with Gasteiger partial charge in [-0.15, -0.1) is 0 Å². The monoisotopic (exact) mass is 299 g/mol. The van der Waals surface area contributed by atoms with Crippen LogP contribution in [0.1, 0.15) is 33.1 Å². The lowest BCUT2D eigenvalue weighted by Crippen LogP contribution is -2.41. The zero-order chi connectivity index (χ0) is 14.5. The van der Waals surface area contributed by atoms with Gasteiger partial charge in [-0.1, -0.05) is 13.8 Å². The Kier molecular flexibility index (Phi) is 3.19. The Bertz CT molecular complexity index is 604. The third-order valence-electron chi connectivity index (χ3n) is 4.23. The first-order valence-corrected chi connectivity index (χ1v) is 8.54. The minimum atomic E-state index is -3.54. The van der Waals surface area contributed by atoms with E-state index in [1.807, 2.05) is 0 Å². The number of rotatable bonds is 4. The molecular formula is C13H21N3O3S. The molecule has 20 heavy (non-hydrogen) atoms. The smallest absolute Gasteiger partial charge is 0.246 e. The molecule has 1 saturated carbocycles. The molecule has 1 aromatic rings. The van der Waals surface area contributed by atoms with Crippen molar-refractivity contribution >= 4 is 10.0 Å². The third kappa shape index (κ3) is 2.08. The maximum atomic E-state index is 12.7. The van der Waals surface area contributed by atoms with Gasteiger partial charge < -0.3 is 5.11 Å². The van der Waals surface area contributed by atoms with Gasteiger partial charge in [-0.25, -0.2) is 8.42 Å². The molecule has 0 amide bonds. The zero-order valence-corrected chi connectivity index (χ0v) is 12.7. The van der Waals surface area contributed by atoms with Crippen molar-refractivity contribution in [2.45, 2.75) is 56.2 Å². The van der Waals surface area contributed by atoms with Gasteiger partial charge in [0.15, 0.2) is 0 Å². The standard InChI is InChI=1S/C13H21N3O3S/c1-10(2)8-15-9-11(7-14-15)20(18,19)16-6-3-12(17)13(16)4-5-13/h7,9-10,12,17H,3-6,8H2,1-2H3. The first-order chi connectivity index (χ1) is 9.36. The summed E-state index contributed by atoms with van der Waals surface area (Å²) in [7, 11) is -3.54. The predicted molar refractivity (Wildman–Crippen MR) is 73.5 cm³/mol. The second kappa shape index (κ2) is 4.54. The second-order valence-corrected chi connectivity index (χ2v) is 8.14. The number of aliphatic hydroxyl groups excluding tert-OH is 1. The van der Waals surface area contributed by atoms with E-state index in [0.717, 1.165) is 12.8 Å². The highest BCUT2D eigenvalue weighted by atomic mass is 32.2. The molecule has 2 aliphatic rings. The van der Waals surface area contributed by atoms with Crippen molar-refractivity contribution in [3.05, 3.63) is 12.4 Å². The molecule has 6 nitrogen and oxygen atoms in total. The van der Waals surface area contributed by atoms with Crippen molar-refractivity contribution in [2.24, 2.45) is 5.92 Å². The topological polar surface area (TPSA) is 75.4 Å². The Morgan fingerprint density at radius 3 is 2.80 bits per heavy atom. The molecule has 2 fully saturated rings. The fourth-order valence-corrected chi connectivity index (χ4v) is 4.86. The van der Waals surface area contributed by atoms with Crippen LogP contribution in [0.15, 0.2) is 17.3 Å². The lowest BCUT2D eigenvalue weighted by molar-refractivity contribution is 0.129. The van der Waals surface area contributed by atoms with Crippen molar-refractivity contribution < 1.29 is 13.5 Å². The first-order valence-electron chi connectivity index (χ1n) is 7.10. The van der Waals surface area contributed by atoms with E-state index in [2.05, 4.69) is 18.9 Å². The Morgan fingerprint density at radius 2 is 2.20 bits per heavy atom. The van der Waals surface area contributed by atoms with Crippen molar-refractivity contribution in [1.29, 1.82) is 0 Å². The molecule has 1 aliphatic heterocycles. The highest BCUT2D eigenvalue weighted by Gasteiger charge is 2.61. The predicted octanol–water partition coefficient (Wildman–Crippen LogP) is 0.827. The van der Waals surface area contributed by atoms with E-state index in [1.54, 1.807) is 10.9 Å². The molecule has 1 aromatic heterocycles. The summed E-state index contributed by atoms with van der Waals surface area (Å²) in [5, 5.41) is 14.1. The number of aliphatic hydroxyl groups is 1. The van der Waals surface area contributed by atoms with Crippen molar-refractivity contribution in [1.82, 2.24) is 14.1 Å². The number of nitrogens with zero attached hydrogens (tertiary/aromatic N) is 3. The average Bonchev–Trinajstić information content (AvgIpc) is 2.88. The summed E-state index contributed by atoms with van der Waals surface area (Å²) in [6.45, 7) is 5.22. The summed E-state index contributed by atoms with van der Waals surface area (Å²) in [6.07, 6.45) is 4.53. The molecule has 1 saturated heterocycles. The van der Waals surface area contributed by atoms with Crippen LogP contribution in [0, 0.1) is 5.92 Å². The van der Waals surface area contributed by atoms with E-state index in [4.69, 9.17) is 0 Å². The summed E-state index contributed by atoms with van der Waals surface area (Å²) >= 11 is 0. The van der Waals surface area contributed by atoms with E-state index in [9.17, 15) is 13.5 Å². The quantitative estimate of drug-likeness (QED) is 0.893. The van der Waals surface area contributed by atoms with Gasteiger partial charge in [0.25, 0.3) is 0 Å². The van der Waals surface area contributed by atoms with Crippen LogP contribution in [-0.2, 0) is 16.6 Å².